The first-order valence-corrected chi connectivity index (χ1v) is 9.08. The molecule has 1 aromatic rings. The second-order valence-corrected chi connectivity index (χ2v) is 6.44. The van der Waals surface area contributed by atoms with E-state index in [2.05, 4.69) is 12.1 Å². The van der Waals surface area contributed by atoms with Crippen LogP contribution in [0.2, 0.25) is 0 Å². The maximum atomic E-state index is 5.85. The first-order chi connectivity index (χ1) is 11.8. The van der Waals surface area contributed by atoms with Gasteiger partial charge in [0.2, 0.25) is 0 Å². The van der Waals surface area contributed by atoms with Crippen LogP contribution in [0.4, 0.5) is 0 Å². The maximum Gasteiger partial charge on any atom is 0.161 e. The number of hydrogen-bond acceptors (Lipinski definition) is 4. The molecular weight excluding hydrogens is 304 g/mol. The maximum absolute atomic E-state index is 5.85. The Balaban J connectivity index is 1.42. The molecule has 1 atom stereocenters. The van der Waals surface area contributed by atoms with Gasteiger partial charge in [0.15, 0.2) is 17.8 Å². The zero-order chi connectivity index (χ0) is 16.6. The Morgan fingerprint density at radius 1 is 1.12 bits per heavy atom. The second-order valence-electron chi connectivity index (χ2n) is 6.44. The van der Waals surface area contributed by atoms with Crippen molar-refractivity contribution in [3.63, 3.8) is 0 Å². The Morgan fingerprint density at radius 2 is 2.04 bits per heavy atom. The molecule has 1 aromatic carbocycles. The summed E-state index contributed by atoms with van der Waals surface area (Å²) in [5, 5.41) is 0. The highest BCUT2D eigenvalue weighted by Crippen LogP contribution is 2.32. The summed E-state index contributed by atoms with van der Waals surface area (Å²) in [6, 6.07) is 6.14. The molecule has 0 N–H and O–H groups in total. The number of rotatable bonds is 8. The molecule has 1 aliphatic carbocycles. The molecule has 2 fully saturated rings. The monoisotopic (exact) mass is 332 g/mol. The highest BCUT2D eigenvalue weighted by Gasteiger charge is 2.13. The average Bonchev–Trinajstić information content (AvgIpc) is 2.59. The van der Waals surface area contributed by atoms with Crippen molar-refractivity contribution in [1.29, 1.82) is 0 Å². The fourth-order valence-corrected chi connectivity index (χ4v) is 2.95. The summed E-state index contributed by atoms with van der Waals surface area (Å²) in [6.07, 6.45) is 10.2. The van der Waals surface area contributed by atoms with Crippen LogP contribution in [0, 0.1) is 0 Å². The predicted octanol–water partition coefficient (Wildman–Crippen LogP) is 4.57. The molecular formula is C20H28O4. The third-order valence-corrected chi connectivity index (χ3v) is 4.54. The Morgan fingerprint density at radius 3 is 2.75 bits per heavy atom. The molecule has 0 radical (unpaired) electrons. The number of allylic oxidation sites excluding steroid dienone is 1. The summed E-state index contributed by atoms with van der Waals surface area (Å²) in [5.74, 6) is 1.59. The van der Waals surface area contributed by atoms with Gasteiger partial charge in [-0.15, -0.1) is 0 Å². The largest absolute Gasteiger partial charge is 0.493 e. The Bertz CT molecular complexity index is 541. The van der Waals surface area contributed by atoms with Crippen LogP contribution in [-0.4, -0.2) is 33.2 Å². The van der Waals surface area contributed by atoms with E-state index in [0.717, 1.165) is 37.4 Å². The number of benzene rings is 1. The lowest BCUT2D eigenvalue weighted by atomic mass is 9.91. The molecule has 3 rings (SSSR count). The molecule has 1 aliphatic heterocycles. The van der Waals surface area contributed by atoms with Crippen molar-refractivity contribution < 1.29 is 18.9 Å². The summed E-state index contributed by atoms with van der Waals surface area (Å²) in [6.45, 7) is 2.10. The standard InChI is InChI=1S/C20H28O4/c1-21-19-15-17(14-16-6-4-7-16)9-10-18(19)22-12-5-13-24-20-8-2-3-11-23-20/h9-10,14-15,20H,2-8,11-13H2,1H3. The smallest absolute Gasteiger partial charge is 0.161 e. The third kappa shape index (κ3) is 4.99. The number of hydrogen-bond donors (Lipinski definition) is 0. The van der Waals surface area contributed by atoms with E-state index in [1.54, 1.807) is 7.11 Å². The first-order valence-electron chi connectivity index (χ1n) is 9.08. The van der Waals surface area contributed by atoms with E-state index < -0.39 is 0 Å². The van der Waals surface area contributed by atoms with E-state index in [9.17, 15) is 0 Å². The van der Waals surface area contributed by atoms with Crippen molar-refractivity contribution in [3.05, 3.63) is 29.3 Å². The Labute approximate surface area is 144 Å². The zero-order valence-electron chi connectivity index (χ0n) is 14.6. The van der Waals surface area contributed by atoms with Gasteiger partial charge in [-0.25, -0.2) is 0 Å². The van der Waals surface area contributed by atoms with E-state index in [1.807, 2.05) is 12.1 Å². The van der Waals surface area contributed by atoms with Crippen molar-refractivity contribution in [2.75, 3.05) is 26.9 Å². The average molecular weight is 332 g/mol. The van der Waals surface area contributed by atoms with Crippen LogP contribution in [0.25, 0.3) is 6.08 Å². The summed E-state index contributed by atoms with van der Waals surface area (Å²) in [4.78, 5) is 0. The third-order valence-electron chi connectivity index (χ3n) is 4.54. The van der Waals surface area contributed by atoms with Crippen LogP contribution in [0.1, 0.15) is 50.5 Å². The van der Waals surface area contributed by atoms with Gasteiger partial charge in [-0.1, -0.05) is 17.7 Å². The van der Waals surface area contributed by atoms with Gasteiger partial charge < -0.3 is 18.9 Å². The van der Waals surface area contributed by atoms with Crippen LogP contribution >= 0.6 is 0 Å². The second kappa shape index (κ2) is 9.09. The van der Waals surface area contributed by atoms with Gasteiger partial charge in [0.05, 0.1) is 20.3 Å². The lowest BCUT2D eigenvalue weighted by molar-refractivity contribution is -0.163. The highest BCUT2D eigenvalue weighted by atomic mass is 16.7. The van der Waals surface area contributed by atoms with Crippen molar-refractivity contribution in [3.8, 4) is 11.5 Å². The van der Waals surface area contributed by atoms with Gasteiger partial charge >= 0.3 is 0 Å². The van der Waals surface area contributed by atoms with Crippen molar-refractivity contribution in [2.24, 2.45) is 0 Å². The van der Waals surface area contributed by atoms with Crippen LogP contribution in [-0.2, 0) is 9.47 Å². The van der Waals surface area contributed by atoms with Crippen LogP contribution in [0.5, 0.6) is 11.5 Å². The van der Waals surface area contributed by atoms with E-state index in [1.165, 1.54) is 36.8 Å². The lowest BCUT2D eigenvalue weighted by Gasteiger charge is -2.22. The molecule has 132 valence electrons. The minimum atomic E-state index is -0.0212. The molecule has 2 aliphatic rings. The SMILES string of the molecule is COc1cc(C=C2CCC2)ccc1OCCCOC1CCCCO1. The molecule has 0 aromatic heterocycles. The van der Waals surface area contributed by atoms with E-state index >= 15 is 0 Å². The molecule has 0 bridgehead atoms. The van der Waals surface area contributed by atoms with Gasteiger partial charge in [-0.3, -0.25) is 0 Å². The summed E-state index contributed by atoms with van der Waals surface area (Å²) in [5.41, 5.74) is 2.71. The van der Waals surface area contributed by atoms with E-state index in [0.29, 0.717) is 13.2 Å². The number of ether oxygens (including phenoxy) is 4. The van der Waals surface area contributed by atoms with Gasteiger partial charge in [-0.05, 0) is 56.2 Å². The molecule has 0 spiro atoms. The molecule has 1 heterocycles. The first kappa shape index (κ1) is 17.3. The van der Waals surface area contributed by atoms with E-state index in [4.69, 9.17) is 18.9 Å². The minimum Gasteiger partial charge on any atom is -0.493 e. The summed E-state index contributed by atoms with van der Waals surface area (Å²) >= 11 is 0. The molecule has 0 amide bonds. The molecule has 1 saturated heterocycles. The molecule has 24 heavy (non-hydrogen) atoms. The topological polar surface area (TPSA) is 36.9 Å². The number of methoxy groups -OCH3 is 1. The van der Waals surface area contributed by atoms with Gasteiger partial charge in [-0.2, -0.15) is 0 Å². The van der Waals surface area contributed by atoms with E-state index in [-0.39, 0.29) is 6.29 Å². The molecule has 4 nitrogen and oxygen atoms in total. The fraction of sp³-hybridized carbons (Fsp3) is 0.600. The quantitative estimate of drug-likeness (QED) is 0.653. The van der Waals surface area contributed by atoms with Gasteiger partial charge in [0.25, 0.3) is 0 Å². The van der Waals surface area contributed by atoms with Crippen molar-refractivity contribution >= 4 is 6.08 Å². The Hall–Kier alpha value is -1.52. The fourth-order valence-electron chi connectivity index (χ4n) is 2.95. The normalized spacial score (nSPS) is 20.4. The van der Waals surface area contributed by atoms with Crippen molar-refractivity contribution in [1.82, 2.24) is 0 Å². The molecule has 1 saturated carbocycles. The van der Waals surface area contributed by atoms with Crippen molar-refractivity contribution in [2.45, 2.75) is 51.2 Å². The summed E-state index contributed by atoms with van der Waals surface area (Å²) < 4.78 is 22.6. The van der Waals surface area contributed by atoms with Crippen LogP contribution in [0.3, 0.4) is 0 Å². The van der Waals surface area contributed by atoms with Gasteiger partial charge in [0, 0.05) is 13.0 Å². The molecule has 1 unspecified atom stereocenters. The zero-order valence-corrected chi connectivity index (χ0v) is 14.6. The van der Waals surface area contributed by atoms with Gasteiger partial charge in [0.1, 0.15) is 0 Å². The van der Waals surface area contributed by atoms with Crippen LogP contribution in [0.15, 0.2) is 23.8 Å². The highest BCUT2D eigenvalue weighted by molar-refractivity contribution is 5.58. The predicted molar refractivity (Wildman–Crippen MR) is 94.5 cm³/mol. The minimum absolute atomic E-state index is 0.0212. The summed E-state index contributed by atoms with van der Waals surface area (Å²) in [7, 11) is 1.69. The lowest BCUT2D eigenvalue weighted by Crippen LogP contribution is -2.23. The Kier molecular flexibility index (Phi) is 6.56. The molecule has 4 heteroatoms. The van der Waals surface area contributed by atoms with Crippen LogP contribution < -0.4 is 9.47 Å².